The maximum absolute atomic E-state index is 13.2. The number of aryl methyl sites for hydroxylation is 2. The molecule has 5 rings (SSSR count). The summed E-state index contributed by atoms with van der Waals surface area (Å²) in [6, 6.07) is 13.7. The molecule has 1 atom stereocenters. The number of H-pyrrole nitrogens is 1. The number of carboxylic acid groups (broad SMARTS) is 1. The van der Waals surface area contributed by atoms with Gasteiger partial charge in [0.2, 0.25) is 0 Å². The molecule has 0 fully saturated rings. The van der Waals surface area contributed by atoms with Gasteiger partial charge in [0.05, 0.1) is 17.3 Å². The molecular weight excluding hydrogens is 515 g/mol. The van der Waals surface area contributed by atoms with Gasteiger partial charge in [0.15, 0.2) is 11.5 Å². The smallest absolute Gasteiger partial charge is 0.475 e. The van der Waals surface area contributed by atoms with Gasteiger partial charge in [0.1, 0.15) is 5.56 Å². The summed E-state index contributed by atoms with van der Waals surface area (Å²) in [5.74, 6) is -2.93. The number of aromatic amines is 1. The third-order valence-corrected chi connectivity index (χ3v) is 6.02. The molecule has 202 valence electrons. The Kier molecular flexibility index (Phi) is 7.25. The lowest BCUT2D eigenvalue weighted by Crippen LogP contribution is -2.28. The van der Waals surface area contributed by atoms with E-state index < -0.39 is 12.1 Å². The lowest BCUT2D eigenvalue weighted by Gasteiger charge is -2.20. The van der Waals surface area contributed by atoms with Crippen molar-refractivity contribution in [1.29, 1.82) is 0 Å². The monoisotopic (exact) mass is 539 g/mol. The quantitative estimate of drug-likeness (QED) is 0.261. The van der Waals surface area contributed by atoms with Crippen LogP contribution < -0.4 is 11.1 Å². The number of hydrogen-bond acceptors (Lipinski definition) is 6. The van der Waals surface area contributed by atoms with Crippen molar-refractivity contribution >= 4 is 34.2 Å². The van der Waals surface area contributed by atoms with E-state index >= 15 is 0 Å². The molecule has 10 nitrogen and oxygen atoms in total. The van der Waals surface area contributed by atoms with E-state index in [1.807, 2.05) is 32.0 Å². The number of nitrogen functional groups attached to an aromatic ring is 1. The van der Waals surface area contributed by atoms with Crippen LogP contribution in [0.25, 0.3) is 27.7 Å². The summed E-state index contributed by atoms with van der Waals surface area (Å²) >= 11 is 0. The highest BCUT2D eigenvalue weighted by Gasteiger charge is 2.38. The molecule has 1 amide bonds. The fourth-order valence-electron chi connectivity index (χ4n) is 4.34. The van der Waals surface area contributed by atoms with Gasteiger partial charge in [-0.25, -0.2) is 14.3 Å². The molecule has 0 saturated heterocycles. The van der Waals surface area contributed by atoms with Crippen molar-refractivity contribution in [2.24, 2.45) is 0 Å². The lowest BCUT2D eigenvalue weighted by molar-refractivity contribution is -0.192. The molecule has 39 heavy (non-hydrogen) atoms. The van der Waals surface area contributed by atoms with Crippen molar-refractivity contribution in [3.05, 3.63) is 77.2 Å². The van der Waals surface area contributed by atoms with Gasteiger partial charge in [-0.2, -0.15) is 18.3 Å². The maximum atomic E-state index is 13.2. The Morgan fingerprint density at radius 3 is 2.46 bits per heavy atom. The van der Waals surface area contributed by atoms with E-state index in [4.69, 9.17) is 15.6 Å². The molecule has 2 aromatic carbocycles. The van der Waals surface area contributed by atoms with Crippen LogP contribution >= 0.6 is 0 Å². The minimum absolute atomic E-state index is 0.146. The molecule has 13 heteroatoms. The number of nitrogens with two attached hydrogens (primary N) is 1. The summed E-state index contributed by atoms with van der Waals surface area (Å²) in [6.07, 6.45) is -1.76. The standard InChI is InChI=1S/C24H23N7O.C2HF3O2/c1-13-12-17(19(16-8-5-4-6-9-16)21-18(13)15(3)28-29-21)14(2)27-24(32)20-22(25)30-31-11-7-10-26-23(20)31;3-2(4,5)1(6)7/h4-12,14H,1-3H3,(H2,25,30)(H,27,32)(H,28,29);(H,6,7). The number of aromatic nitrogens is 5. The number of nitrogens with one attached hydrogen (secondary N) is 2. The summed E-state index contributed by atoms with van der Waals surface area (Å²) in [7, 11) is 0. The van der Waals surface area contributed by atoms with Crippen LogP contribution in [0.15, 0.2) is 54.9 Å². The van der Waals surface area contributed by atoms with Gasteiger partial charge in [0.25, 0.3) is 5.91 Å². The number of carbonyl (C=O) groups is 2. The third-order valence-electron chi connectivity index (χ3n) is 6.02. The Bertz CT molecular complexity index is 1680. The number of benzene rings is 2. The number of aliphatic carboxylic acids is 1. The Morgan fingerprint density at radius 2 is 1.82 bits per heavy atom. The van der Waals surface area contributed by atoms with Gasteiger partial charge >= 0.3 is 12.1 Å². The molecule has 0 aliphatic carbocycles. The Labute approximate surface area is 219 Å². The minimum atomic E-state index is -5.08. The van der Waals surface area contributed by atoms with E-state index in [0.717, 1.165) is 38.9 Å². The number of carbonyl (C=O) groups excluding carboxylic acids is 1. The zero-order valence-corrected chi connectivity index (χ0v) is 21.0. The molecule has 5 N–H and O–H groups in total. The first-order valence-electron chi connectivity index (χ1n) is 11.6. The van der Waals surface area contributed by atoms with Gasteiger partial charge in [-0.05, 0) is 43.5 Å². The Hall–Kier alpha value is -4.94. The lowest BCUT2D eigenvalue weighted by atomic mass is 9.90. The molecule has 0 bridgehead atoms. The van der Waals surface area contributed by atoms with E-state index in [0.29, 0.717) is 5.65 Å². The zero-order chi connectivity index (χ0) is 28.5. The summed E-state index contributed by atoms with van der Waals surface area (Å²) < 4.78 is 33.2. The third kappa shape index (κ3) is 5.37. The molecule has 5 aromatic rings. The predicted molar refractivity (Wildman–Crippen MR) is 138 cm³/mol. The van der Waals surface area contributed by atoms with Crippen molar-refractivity contribution in [2.75, 3.05) is 5.73 Å². The number of halogens is 3. The Morgan fingerprint density at radius 1 is 1.15 bits per heavy atom. The van der Waals surface area contributed by atoms with E-state index in [-0.39, 0.29) is 23.3 Å². The van der Waals surface area contributed by atoms with Gasteiger partial charge in [-0.15, -0.1) is 5.10 Å². The van der Waals surface area contributed by atoms with Crippen LogP contribution in [0.4, 0.5) is 19.0 Å². The number of alkyl halides is 3. The fraction of sp³-hybridized carbons (Fsp3) is 0.192. The van der Waals surface area contributed by atoms with E-state index in [9.17, 15) is 18.0 Å². The van der Waals surface area contributed by atoms with Gasteiger partial charge in [-0.3, -0.25) is 9.89 Å². The molecule has 0 spiro atoms. The topological polar surface area (TPSA) is 151 Å². The summed E-state index contributed by atoms with van der Waals surface area (Å²) in [5.41, 5.74) is 12.8. The molecule has 3 heterocycles. The SMILES string of the molecule is Cc1cc(C(C)NC(=O)c2c(N)nn3cccnc23)c(-c2ccccc2)c2[nH]nc(C)c12.O=C(O)C(F)(F)F. The van der Waals surface area contributed by atoms with Gasteiger partial charge < -0.3 is 16.2 Å². The largest absolute Gasteiger partial charge is 0.490 e. The second-order valence-electron chi connectivity index (χ2n) is 8.73. The number of carboxylic acids is 1. The molecule has 1 unspecified atom stereocenters. The van der Waals surface area contributed by atoms with Crippen LogP contribution in [0.3, 0.4) is 0 Å². The molecule has 0 aliphatic rings. The van der Waals surface area contributed by atoms with Crippen LogP contribution in [0.5, 0.6) is 0 Å². The maximum Gasteiger partial charge on any atom is 0.490 e. The number of nitrogens with zero attached hydrogens (tertiary/aromatic N) is 4. The highest BCUT2D eigenvalue weighted by Crippen LogP contribution is 2.37. The highest BCUT2D eigenvalue weighted by atomic mass is 19.4. The highest BCUT2D eigenvalue weighted by molar-refractivity contribution is 6.05. The van der Waals surface area contributed by atoms with Crippen LogP contribution in [0.1, 0.15) is 40.1 Å². The van der Waals surface area contributed by atoms with E-state index in [2.05, 4.69) is 50.7 Å². The molecular formula is C26H24F3N7O3. The average molecular weight is 540 g/mol. The summed E-state index contributed by atoms with van der Waals surface area (Å²) in [6.45, 7) is 6.01. The minimum Gasteiger partial charge on any atom is -0.475 e. The summed E-state index contributed by atoms with van der Waals surface area (Å²) in [5, 5.41) is 23.2. The van der Waals surface area contributed by atoms with E-state index in [1.165, 1.54) is 4.52 Å². The first-order chi connectivity index (χ1) is 18.4. The molecule has 0 aliphatic heterocycles. The number of amides is 1. The van der Waals surface area contributed by atoms with Crippen molar-refractivity contribution < 1.29 is 27.9 Å². The van der Waals surface area contributed by atoms with E-state index in [1.54, 1.807) is 18.5 Å². The first-order valence-corrected chi connectivity index (χ1v) is 11.6. The van der Waals surface area contributed by atoms with Gasteiger partial charge in [-0.1, -0.05) is 36.4 Å². The fourth-order valence-corrected chi connectivity index (χ4v) is 4.34. The Balaban J connectivity index is 0.000000448. The van der Waals surface area contributed by atoms with Crippen molar-refractivity contribution in [2.45, 2.75) is 33.0 Å². The van der Waals surface area contributed by atoms with Crippen LogP contribution in [0.2, 0.25) is 0 Å². The van der Waals surface area contributed by atoms with Crippen LogP contribution in [-0.2, 0) is 4.79 Å². The van der Waals surface area contributed by atoms with Crippen molar-refractivity contribution in [3.8, 4) is 11.1 Å². The molecule has 0 radical (unpaired) electrons. The second-order valence-corrected chi connectivity index (χ2v) is 8.73. The number of rotatable bonds is 4. The predicted octanol–water partition coefficient (Wildman–Crippen LogP) is 4.60. The van der Waals surface area contributed by atoms with Crippen LogP contribution in [-0.4, -0.2) is 48.0 Å². The van der Waals surface area contributed by atoms with Crippen molar-refractivity contribution in [3.63, 3.8) is 0 Å². The zero-order valence-electron chi connectivity index (χ0n) is 21.0. The van der Waals surface area contributed by atoms with Gasteiger partial charge in [0, 0.05) is 23.3 Å². The van der Waals surface area contributed by atoms with Crippen LogP contribution in [0, 0.1) is 13.8 Å². The first kappa shape index (κ1) is 27.1. The molecule has 3 aromatic heterocycles. The number of hydrogen-bond donors (Lipinski definition) is 4. The average Bonchev–Trinajstić information content (AvgIpc) is 3.43. The number of fused-ring (bicyclic) bond motifs is 2. The summed E-state index contributed by atoms with van der Waals surface area (Å²) in [4.78, 5) is 26.4. The normalized spacial score (nSPS) is 12.2. The number of anilines is 1. The second kappa shape index (κ2) is 10.4. The molecule has 0 saturated carbocycles. The van der Waals surface area contributed by atoms with Crippen molar-refractivity contribution in [1.82, 2.24) is 30.1 Å².